The standard InChI is InChI=1S/C41H88N16O6/c1-2-47-22-23-53-41(63)11-35-57(34-10-40(62)52-21-16-46)29-5-26-54(24-3-27-55(30-6-36(58)48-17-12-42)31-7-37(59)49-18-13-43)25-4-28-56(32-8-38(60)50-19-14-44)33-9-39(61)51-20-15-45/h47H,2-35,42-46H2,1H3,(H,48,58)(H,49,59)(H,50,60)(H,51,61)(H,52,62)(H,53,63). The zero-order valence-corrected chi connectivity index (χ0v) is 38.7. The number of nitrogens with one attached hydrogen (secondary N) is 7. The van der Waals surface area contributed by atoms with Crippen LogP contribution in [-0.2, 0) is 28.8 Å². The molecule has 0 aliphatic heterocycles. The molecular formula is C41H88N16O6. The number of nitrogens with zero attached hydrogens (tertiary/aromatic N) is 4. The van der Waals surface area contributed by atoms with Gasteiger partial charge in [0.25, 0.3) is 0 Å². The van der Waals surface area contributed by atoms with Gasteiger partial charge in [0.1, 0.15) is 0 Å². The Morgan fingerprint density at radius 2 is 0.524 bits per heavy atom. The zero-order valence-electron chi connectivity index (χ0n) is 38.7. The number of hydrogen-bond donors (Lipinski definition) is 12. The van der Waals surface area contributed by atoms with Crippen LogP contribution >= 0.6 is 0 Å². The average Bonchev–Trinajstić information content (AvgIpc) is 3.28. The second-order valence-electron chi connectivity index (χ2n) is 15.3. The van der Waals surface area contributed by atoms with Gasteiger partial charge in [0.05, 0.1) is 0 Å². The molecule has 0 radical (unpaired) electrons. The first-order valence-corrected chi connectivity index (χ1v) is 23.2. The van der Waals surface area contributed by atoms with Gasteiger partial charge in [-0.3, -0.25) is 28.8 Å². The summed E-state index contributed by atoms with van der Waals surface area (Å²) in [5.74, 6) is -0.492. The number of nitrogens with two attached hydrogens (primary N) is 5. The number of carbonyl (C=O) groups excluding carboxylic acids is 6. The first-order valence-electron chi connectivity index (χ1n) is 23.2. The van der Waals surface area contributed by atoms with Crippen molar-refractivity contribution in [3.63, 3.8) is 0 Å². The van der Waals surface area contributed by atoms with Crippen LogP contribution in [0.2, 0.25) is 0 Å². The molecular weight excluding hydrogens is 813 g/mol. The fourth-order valence-corrected chi connectivity index (χ4v) is 6.51. The fourth-order valence-electron chi connectivity index (χ4n) is 6.51. The molecule has 0 unspecified atom stereocenters. The fraction of sp³-hybridized carbons (Fsp3) is 0.854. The molecule has 0 heterocycles. The summed E-state index contributed by atoms with van der Waals surface area (Å²) in [5.41, 5.74) is 27.8. The van der Waals surface area contributed by atoms with E-state index in [1.165, 1.54) is 0 Å². The van der Waals surface area contributed by atoms with Gasteiger partial charge in [-0.1, -0.05) is 6.92 Å². The number of amides is 6. The summed E-state index contributed by atoms with van der Waals surface area (Å²) >= 11 is 0. The molecule has 0 aromatic carbocycles. The van der Waals surface area contributed by atoms with Gasteiger partial charge in [-0.2, -0.15) is 0 Å². The predicted molar refractivity (Wildman–Crippen MR) is 249 cm³/mol. The lowest BCUT2D eigenvalue weighted by Crippen LogP contribution is -2.39. The molecule has 368 valence electrons. The molecule has 0 atom stereocenters. The summed E-state index contributed by atoms with van der Waals surface area (Å²) in [7, 11) is 0. The third kappa shape index (κ3) is 37.5. The molecule has 0 spiro atoms. The molecule has 0 aromatic heterocycles. The normalized spacial score (nSPS) is 11.3. The van der Waals surface area contributed by atoms with Gasteiger partial charge in [0.15, 0.2) is 0 Å². The van der Waals surface area contributed by atoms with Gasteiger partial charge >= 0.3 is 0 Å². The van der Waals surface area contributed by atoms with Crippen LogP contribution in [0.3, 0.4) is 0 Å². The summed E-state index contributed by atoms with van der Waals surface area (Å²) < 4.78 is 0. The highest BCUT2D eigenvalue weighted by Crippen LogP contribution is 2.06. The lowest BCUT2D eigenvalue weighted by molar-refractivity contribution is -0.123. The van der Waals surface area contributed by atoms with E-state index in [4.69, 9.17) is 28.7 Å². The Balaban J connectivity index is 5.96. The Bertz CT molecular complexity index is 1100. The van der Waals surface area contributed by atoms with E-state index in [9.17, 15) is 28.8 Å². The van der Waals surface area contributed by atoms with Crippen LogP contribution in [-0.4, -0.2) is 219 Å². The third-order valence-corrected chi connectivity index (χ3v) is 9.98. The molecule has 6 amide bonds. The lowest BCUT2D eigenvalue weighted by Gasteiger charge is -2.28. The molecule has 0 aliphatic rings. The molecule has 0 saturated carbocycles. The van der Waals surface area contributed by atoms with Gasteiger partial charge in [-0.05, 0) is 65.1 Å². The van der Waals surface area contributed by atoms with Crippen molar-refractivity contribution in [3.05, 3.63) is 0 Å². The maximum absolute atomic E-state index is 12.7. The van der Waals surface area contributed by atoms with Crippen molar-refractivity contribution in [1.29, 1.82) is 0 Å². The number of likely N-dealkylation sites (N-methyl/N-ethyl adjacent to an activating group) is 1. The van der Waals surface area contributed by atoms with Gasteiger partial charge in [0, 0.05) is 156 Å². The molecule has 0 aromatic rings. The minimum atomic E-state index is -0.0923. The first kappa shape index (κ1) is 59.4. The zero-order chi connectivity index (χ0) is 46.8. The molecule has 0 bridgehead atoms. The summed E-state index contributed by atoms with van der Waals surface area (Å²) in [4.78, 5) is 83.8. The quantitative estimate of drug-likeness (QED) is 0.0254. The monoisotopic (exact) mass is 901 g/mol. The Hall–Kier alpha value is -3.58. The van der Waals surface area contributed by atoms with E-state index in [2.05, 4.69) is 56.8 Å². The summed E-state index contributed by atoms with van der Waals surface area (Å²) in [6.07, 6.45) is 4.08. The molecule has 0 saturated heterocycles. The smallest absolute Gasteiger partial charge is 0.221 e. The maximum Gasteiger partial charge on any atom is 0.221 e. The largest absolute Gasteiger partial charge is 0.355 e. The van der Waals surface area contributed by atoms with Crippen molar-refractivity contribution < 1.29 is 28.8 Å². The highest BCUT2D eigenvalue weighted by molar-refractivity contribution is 5.78. The van der Waals surface area contributed by atoms with Gasteiger partial charge in [0.2, 0.25) is 35.4 Å². The minimum absolute atomic E-state index is 0.0383. The second-order valence-corrected chi connectivity index (χ2v) is 15.3. The van der Waals surface area contributed by atoms with Crippen LogP contribution in [0, 0.1) is 0 Å². The van der Waals surface area contributed by atoms with Crippen molar-refractivity contribution in [2.24, 2.45) is 28.7 Å². The topological polar surface area (TPSA) is 330 Å². The van der Waals surface area contributed by atoms with Crippen molar-refractivity contribution in [2.75, 3.05) is 164 Å². The van der Waals surface area contributed by atoms with Crippen molar-refractivity contribution >= 4 is 35.4 Å². The Labute approximate surface area is 377 Å². The number of carbonyl (C=O) groups is 6. The van der Waals surface area contributed by atoms with Crippen molar-refractivity contribution in [1.82, 2.24) is 56.8 Å². The molecule has 0 rings (SSSR count). The van der Waals surface area contributed by atoms with E-state index < -0.39 is 0 Å². The maximum atomic E-state index is 12.7. The molecule has 63 heavy (non-hydrogen) atoms. The molecule has 17 N–H and O–H groups in total. The predicted octanol–water partition coefficient (Wildman–Crippen LogP) is -5.19. The van der Waals surface area contributed by atoms with Gasteiger partial charge in [-0.25, -0.2) is 0 Å². The van der Waals surface area contributed by atoms with Crippen LogP contribution in [0.15, 0.2) is 0 Å². The molecule has 22 nitrogen and oxygen atoms in total. The first-order chi connectivity index (χ1) is 30.5. The Kier molecular flexibility index (Phi) is 40.0. The average molecular weight is 901 g/mol. The highest BCUT2D eigenvalue weighted by Gasteiger charge is 2.16. The van der Waals surface area contributed by atoms with E-state index in [-0.39, 0.29) is 61.1 Å². The summed E-state index contributed by atoms with van der Waals surface area (Å²) in [6, 6.07) is 0. The van der Waals surface area contributed by atoms with Crippen LogP contribution in [0.5, 0.6) is 0 Å². The van der Waals surface area contributed by atoms with Crippen LogP contribution in [0.1, 0.15) is 64.7 Å². The number of hydrogen-bond acceptors (Lipinski definition) is 16. The van der Waals surface area contributed by atoms with Gasteiger partial charge in [-0.15, -0.1) is 0 Å². The Morgan fingerprint density at radius 3 is 0.730 bits per heavy atom. The molecule has 22 heteroatoms. The Morgan fingerprint density at radius 1 is 0.317 bits per heavy atom. The van der Waals surface area contributed by atoms with Crippen LogP contribution in [0.25, 0.3) is 0 Å². The third-order valence-electron chi connectivity index (χ3n) is 9.98. The van der Waals surface area contributed by atoms with Crippen LogP contribution < -0.4 is 65.9 Å². The molecule has 0 aliphatic carbocycles. The van der Waals surface area contributed by atoms with E-state index in [1.807, 2.05) is 6.92 Å². The minimum Gasteiger partial charge on any atom is -0.355 e. The van der Waals surface area contributed by atoms with E-state index >= 15 is 0 Å². The van der Waals surface area contributed by atoms with Crippen LogP contribution in [0.4, 0.5) is 0 Å². The van der Waals surface area contributed by atoms with Crippen molar-refractivity contribution in [3.8, 4) is 0 Å². The number of rotatable bonds is 44. The van der Waals surface area contributed by atoms with E-state index in [0.29, 0.717) is 150 Å². The van der Waals surface area contributed by atoms with E-state index in [0.717, 1.165) is 45.4 Å². The van der Waals surface area contributed by atoms with Crippen molar-refractivity contribution in [2.45, 2.75) is 64.7 Å². The highest BCUT2D eigenvalue weighted by atomic mass is 16.2. The second kappa shape index (κ2) is 42.4. The summed E-state index contributed by atoms with van der Waals surface area (Å²) in [5, 5.41) is 20.2. The van der Waals surface area contributed by atoms with Gasteiger partial charge < -0.3 is 85.5 Å². The SMILES string of the molecule is CCNCCNC(=O)CCN(CCCN(CCCN(CCC(=O)NCCN)CCC(=O)NCCN)CCCN(CCC(=O)NCCN)CCC(=O)NCCN)CCC(=O)NCCN. The summed E-state index contributed by atoms with van der Waals surface area (Å²) in [6.45, 7) is 15.1. The lowest BCUT2D eigenvalue weighted by atomic mass is 10.2. The molecule has 0 fully saturated rings. The van der Waals surface area contributed by atoms with E-state index in [1.54, 1.807) is 0 Å².